The Morgan fingerprint density at radius 3 is 2.86 bits per heavy atom. The van der Waals surface area contributed by atoms with E-state index in [2.05, 4.69) is 10.3 Å². The summed E-state index contributed by atoms with van der Waals surface area (Å²) in [5.41, 5.74) is 1.70. The molecule has 0 radical (unpaired) electrons. The molecule has 0 aliphatic heterocycles. The third kappa shape index (κ3) is 2.81. The normalized spacial score (nSPS) is 12.4. The van der Waals surface area contributed by atoms with Crippen molar-refractivity contribution in [2.24, 2.45) is 0 Å². The Hall–Kier alpha value is -1.42. The van der Waals surface area contributed by atoms with Gasteiger partial charge in [0.2, 0.25) is 0 Å². The minimum Gasteiger partial charge on any atom is -0.480 e. The maximum absolute atomic E-state index is 10.7. The highest BCUT2D eigenvalue weighted by molar-refractivity contribution is 5.73. The molecule has 0 aliphatic rings. The average Bonchev–Trinajstić information content (AvgIpc) is 2.14. The molecular weight excluding hydrogens is 180 g/mol. The van der Waals surface area contributed by atoms with Crippen LogP contribution in [0.1, 0.15) is 11.4 Å². The van der Waals surface area contributed by atoms with E-state index in [1.807, 2.05) is 25.1 Å². The van der Waals surface area contributed by atoms with Crippen LogP contribution in [-0.4, -0.2) is 29.1 Å². The van der Waals surface area contributed by atoms with Crippen molar-refractivity contribution >= 4 is 5.97 Å². The second kappa shape index (κ2) is 4.72. The SMILES string of the molecule is CN[C@@H](Cc1cccc(C)n1)C(=O)O. The highest BCUT2D eigenvalue weighted by atomic mass is 16.4. The van der Waals surface area contributed by atoms with Gasteiger partial charge < -0.3 is 10.4 Å². The van der Waals surface area contributed by atoms with Gasteiger partial charge in [-0.3, -0.25) is 9.78 Å². The third-order valence-corrected chi connectivity index (χ3v) is 2.01. The van der Waals surface area contributed by atoms with Gasteiger partial charge >= 0.3 is 5.97 Å². The number of carboxylic acid groups (broad SMARTS) is 1. The van der Waals surface area contributed by atoms with Crippen LogP contribution in [0.3, 0.4) is 0 Å². The van der Waals surface area contributed by atoms with Gasteiger partial charge in [0, 0.05) is 17.8 Å². The Morgan fingerprint density at radius 2 is 2.36 bits per heavy atom. The van der Waals surface area contributed by atoms with Crippen molar-refractivity contribution in [2.75, 3.05) is 7.05 Å². The Balaban J connectivity index is 2.72. The molecule has 76 valence electrons. The number of nitrogens with zero attached hydrogens (tertiary/aromatic N) is 1. The zero-order valence-electron chi connectivity index (χ0n) is 8.32. The lowest BCUT2D eigenvalue weighted by Crippen LogP contribution is -2.36. The molecule has 4 heteroatoms. The number of nitrogens with one attached hydrogen (secondary N) is 1. The van der Waals surface area contributed by atoms with Crippen molar-refractivity contribution in [3.63, 3.8) is 0 Å². The van der Waals surface area contributed by atoms with Crippen LogP contribution in [0.2, 0.25) is 0 Å². The Kier molecular flexibility index (Phi) is 3.59. The molecule has 0 unspecified atom stereocenters. The minimum atomic E-state index is -0.851. The van der Waals surface area contributed by atoms with Crippen LogP contribution in [-0.2, 0) is 11.2 Å². The number of rotatable bonds is 4. The lowest BCUT2D eigenvalue weighted by Gasteiger charge is -2.10. The molecule has 1 aromatic rings. The molecule has 0 amide bonds. The first-order valence-electron chi connectivity index (χ1n) is 4.46. The number of hydrogen-bond donors (Lipinski definition) is 2. The van der Waals surface area contributed by atoms with Gasteiger partial charge in [-0.1, -0.05) is 6.07 Å². The highest BCUT2D eigenvalue weighted by Crippen LogP contribution is 2.02. The van der Waals surface area contributed by atoms with E-state index in [1.165, 1.54) is 0 Å². The van der Waals surface area contributed by atoms with Crippen LogP contribution in [0.5, 0.6) is 0 Å². The van der Waals surface area contributed by atoms with E-state index in [0.29, 0.717) is 6.42 Å². The largest absolute Gasteiger partial charge is 0.480 e. The number of hydrogen-bond acceptors (Lipinski definition) is 3. The summed E-state index contributed by atoms with van der Waals surface area (Å²) < 4.78 is 0. The van der Waals surface area contributed by atoms with Gasteiger partial charge in [-0.25, -0.2) is 0 Å². The van der Waals surface area contributed by atoms with Gasteiger partial charge in [-0.05, 0) is 26.1 Å². The van der Waals surface area contributed by atoms with Gasteiger partial charge in [0.25, 0.3) is 0 Å². The lowest BCUT2D eigenvalue weighted by atomic mass is 10.1. The molecule has 1 aromatic heterocycles. The van der Waals surface area contributed by atoms with Gasteiger partial charge in [0.05, 0.1) is 0 Å². The molecule has 0 saturated carbocycles. The smallest absolute Gasteiger partial charge is 0.321 e. The minimum absolute atomic E-state index is 0.410. The number of aromatic nitrogens is 1. The van der Waals surface area contributed by atoms with Crippen molar-refractivity contribution in [3.8, 4) is 0 Å². The average molecular weight is 194 g/mol. The fourth-order valence-corrected chi connectivity index (χ4v) is 1.24. The molecule has 0 aliphatic carbocycles. The van der Waals surface area contributed by atoms with Gasteiger partial charge in [-0.2, -0.15) is 0 Å². The van der Waals surface area contributed by atoms with Gasteiger partial charge in [0.1, 0.15) is 6.04 Å². The number of carbonyl (C=O) groups is 1. The molecule has 4 nitrogen and oxygen atoms in total. The molecule has 0 aromatic carbocycles. The van der Waals surface area contributed by atoms with Crippen molar-refractivity contribution in [1.82, 2.24) is 10.3 Å². The van der Waals surface area contributed by atoms with E-state index in [0.717, 1.165) is 11.4 Å². The second-order valence-corrected chi connectivity index (χ2v) is 3.15. The summed E-state index contributed by atoms with van der Waals surface area (Å²) in [6.45, 7) is 1.89. The number of pyridine rings is 1. The van der Waals surface area contributed by atoms with Crippen molar-refractivity contribution in [2.45, 2.75) is 19.4 Å². The molecule has 1 rings (SSSR count). The first-order valence-corrected chi connectivity index (χ1v) is 4.46. The monoisotopic (exact) mass is 194 g/mol. The summed E-state index contributed by atoms with van der Waals surface area (Å²) in [4.78, 5) is 15.0. The first-order chi connectivity index (χ1) is 6.63. The number of aliphatic carboxylic acids is 1. The second-order valence-electron chi connectivity index (χ2n) is 3.15. The highest BCUT2D eigenvalue weighted by Gasteiger charge is 2.15. The fourth-order valence-electron chi connectivity index (χ4n) is 1.24. The van der Waals surface area contributed by atoms with Crippen LogP contribution >= 0.6 is 0 Å². The molecule has 0 spiro atoms. The summed E-state index contributed by atoms with van der Waals surface area (Å²) in [7, 11) is 1.63. The maximum Gasteiger partial charge on any atom is 0.321 e. The summed E-state index contributed by atoms with van der Waals surface area (Å²) in [6, 6.07) is 5.04. The number of aryl methyl sites for hydroxylation is 1. The van der Waals surface area contributed by atoms with E-state index < -0.39 is 12.0 Å². The quantitative estimate of drug-likeness (QED) is 0.737. The van der Waals surface area contributed by atoms with Crippen LogP contribution in [0.4, 0.5) is 0 Å². The van der Waals surface area contributed by atoms with Crippen LogP contribution in [0.25, 0.3) is 0 Å². The van der Waals surface area contributed by atoms with Crippen molar-refractivity contribution in [1.29, 1.82) is 0 Å². The summed E-state index contributed by atoms with van der Waals surface area (Å²) in [6.07, 6.45) is 0.410. The molecule has 2 N–H and O–H groups in total. The fraction of sp³-hybridized carbons (Fsp3) is 0.400. The molecule has 1 heterocycles. The molecule has 14 heavy (non-hydrogen) atoms. The number of likely N-dealkylation sites (N-methyl/N-ethyl adjacent to an activating group) is 1. The van der Waals surface area contributed by atoms with Gasteiger partial charge in [-0.15, -0.1) is 0 Å². The first kappa shape index (κ1) is 10.7. The maximum atomic E-state index is 10.7. The molecule has 0 saturated heterocycles. The Bertz CT molecular complexity index is 326. The van der Waals surface area contributed by atoms with E-state index in [-0.39, 0.29) is 0 Å². The van der Waals surface area contributed by atoms with E-state index in [9.17, 15) is 4.79 Å². The van der Waals surface area contributed by atoms with E-state index in [1.54, 1.807) is 7.05 Å². The van der Waals surface area contributed by atoms with E-state index in [4.69, 9.17) is 5.11 Å². The molecule has 1 atom stereocenters. The summed E-state index contributed by atoms with van der Waals surface area (Å²) in [5.74, 6) is -0.851. The Morgan fingerprint density at radius 1 is 1.64 bits per heavy atom. The van der Waals surface area contributed by atoms with Crippen LogP contribution in [0, 0.1) is 6.92 Å². The van der Waals surface area contributed by atoms with Crippen molar-refractivity contribution in [3.05, 3.63) is 29.6 Å². The van der Waals surface area contributed by atoms with Gasteiger partial charge in [0.15, 0.2) is 0 Å². The van der Waals surface area contributed by atoms with Crippen LogP contribution < -0.4 is 5.32 Å². The number of carboxylic acids is 1. The summed E-state index contributed by atoms with van der Waals surface area (Å²) in [5, 5.41) is 11.5. The predicted octanol–water partition coefficient (Wildman–Crippen LogP) is 0.605. The Labute approximate surface area is 83.0 Å². The van der Waals surface area contributed by atoms with Crippen LogP contribution in [0.15, 0.2) is 18.2 Å². The predicted molar refractivity (Wildman–Crippen MR) is 53.2 cm³/mol. The van der Waals surface area contributed by atoms with Crippen molar-refractivity contribution < 1.29 is 9.90 Å². The molecule has 0 fully saturated rings. The third-order valence-electron chi connectivity index (χ3n) is 2.01. The zero-order valence-corrected chi connectivity index (χ0v) is 8.32. The lowest BCUT2D eigenvalue weighted by molar-refractivity contribution is -0.139. The standard InChI is InChI=1S/C10H14N2O2/c1-7-4-3-5-8(12-7)6-9(11-2)10(13)14/h3-5,9,11H,6H2,1-2H3,(H,13,14)/t9-/m0/s1. The summed E-state index contributed by atoms with van der Waals surface area (Å²) >= 11 is 0. The molecule has 0 bridgehead atoms. The zero-order chi connectivity index (χ0) is 10.6. The topological polar surface area (TPSA) is 62.2 Å². The molecular formula is C10H14N2O2. The van der Waals surface area contributed by atoms with E-state index >= 15 is 0 Å².